The molecular formula is C19H20N4O3S. The van der Waals surface area contributed by atoms with Crippen molar-refractivity contribution < 1.29 is 14.1 Å². The molecule has 1 N–H and O–H groups in total. The predicted octanol–water partition coefficient (Wildman–Crippen LogP) is 3.99. The van der Waals surface area contributed by atoms with E-state index < -0.39 is 0 Å². The zero-order chi connectivity index (χ0) is 19.2. The van der Waals surface area contributed by atoms with Gasteiger partial charge in [-0.1, -0.05) is 36.8 Å². The topological polar surface area (TPSA) is 90.1 Å². The second kappa shape index (κ2) is 8.68. The lowest BCUT2D eigenvalue weighted by Gasteiger charge is -2.08. The first-order valence-electron chi connectivity index (χ1n) is 8.42. The Bertz CT molecular complexity index is 927. The van der Waals surface area contributed by atoms with Gasteiger partial charge in [-0.3, -0.25) is 4.79 Å². The van der Waals surface area contributed by atoms with E-state index in [0.717, 1.165) is 5.56 Å². The highest BCUT2D eigenvalue weighted by molar-refractivity contribution is 8.00. The average Bonchev–Trinajstić information content (AvgIpc) is 3.17. The maximum Gasteiger partial charge on any atom is 0.234 e. The van der Waals surface area contributed by atoms with Crippen molar-refractivity contribution in [3.63, 3.8) is 0 Å². The van der Waals surface area contributed by atoms with E-state index in [4.69, 9.17) is 9.26 Å². The number of nitrogens with one attached hydrogen (secondary N) is 1. The molecule has 0 fully saturated rings. The molecule has 3 rings (SSSR count). The van der Waals surface area contributed by atoms with Crippen LogP contribution in [0.2, 0.25) is 0 Å². The third-order valence-electron chi connectivity index (χ3n) is 3.64. The number of ether oxygens (including phenoxy) is 1. The van der Waals surface area contributed by atoms with Crippen LogP contribution in [0.3, 0.4) is 0 Å². The van der Waals surface area contributed by atoms with E-state index >= 15 is 0 Å². The molecule has 0 atom stereocenters. The third kappa shape index (κ3) is 4.85. The zero-order valence-corrected chi connectivity index (χ0v) is 16.1. The fourth-order valence-electron chi connectivity index (χ4n) is 2.29. The van der Waals surface area contributed by atoms with Gasteiger partial charge in [-0.15, -0.1) is 0 Å². The molecule has 0 bridgehead atoms. The number of hydrogen-bond donors (Lipinski definition) is 1. The smallest absolute Gasteiger partial charge is 0.234 e. The molecule has 0 radical (unpaired) electrons. The number of benzene rings is 1. The number of pyridine rings is 1. The van der Waals surface area contributed by atoms with Crippen molar-refractivity contribution in [2.45, 2.75) is 24.8 Å². The van der Waals surface area contributed by atoms with Gasteiger partial charge in [0.2, 0.25) is 17.6 Å². The van der Waals surface area contributed by atoms with Crippen LogP contribution in [-0.4, -0.2) is 33.9 Å². The third-order valence-corrected chi connectivity index (χ3v) is 4.65. The first-order chi connectivity index (χ1) is 13.1. The summed E-state index contributed by atoms with van der Waals surface area (Å²) < 4.78 is 10.4. The van der Waals surface area contributed by atoms with Crippen molar-refractivity contribution in [1.82, 2.24) is 15.1 Å². The van der Waals surface area contributed by atoms with Crippen LogP contribution in [0.25, 0.3) is 11.4 Å². The SMILES string of the molecule is COc1cccc(NC(=O)CSc2ncccc2-c2noc(C(C)C)n2)c1. The Morgan fingerprint density at radius 1 is 1.30 bits per heavy atom. The average molecular weight is 384 g/mol. The van der Waals surface area contributed by atoms with Crippen LogP contribution in [0.15, 0.2) is 52.1 Å². The standard InChI is InChI=1S/C19H20N4O3S/c1-12(2)18-22-17(23-26-18)15-8-5-9-20-19(15)27-11-16(24)21-13-6-4-7-14(10-13)25-3/h4-10,12H,11H2,1-3H3,(H,21,24). The Morgan fingerprint density at radius 3 is 2.89 bits per heavy atom. The van der Waals surface area contributed by atoms with Crippen molar-refractivity contribution >= 4 is 23.4 Å². The number of rotatable bonds is 7. The molecule has 1 amide bonds. The highest BCUT2D eigenvalue weighted by Gasteiger charge is 2.16. The number of thioether (sulfide) groups is 1. The Balaban J connectivity index is 1.68. The quantitative estimate of drug-likeness (QED) is 0.616. The van der Waals surface area contributed by atoms with Gasteiger partial charge in [-0.25, -0.2) is 4.98 Å². The number of carbonyl (C=O) groups is 1. The van der Waals surface area contributed by atoms with Gasteiger partial charge in [0.15, 0.2) is 0 Å². The number of methoxy groups -OCH3 is 1. The van der Waals surface area contributed by atoms with Gasteiger partial charge in [0.25, 0.3) is 0 Å². The Labute approximate surface area is 161 Å². The minimum Gasteiger partial charge on any atom is -0.497 e. The minimum atomic E-state index is -0.138. The number of nitrogens with zero attached hydrogens (tertiary/aromatic N) is 3. The Morgan fingerprint density at radius 2 is 2.15 bits per heavy atom. The van der Waals surface area contributed by atoms with E-state index in [-0.39, 0.29) is 17.6 Å². The predicted molar refractivity (Wildman–Crippen MR) is 104 cm³/mol. The van der Waals surface area contributed by atoms with Gasteiger partial charge in [-0.2, -0.15) is 4.98 Å². The number of aromatic nitrogens is 3. The van der Waals surface area contributed by atoms with E-state index in [1.54, 1.807) is 25.4 Å². The van der Waals surface area contributed by atoms with Crippen molar-refractivity contribution in [2.24, 2.45) is 0 Å². The maximum absolute atomic E-state index is 12.3. The zero-order valence-electron chi connectivity index (χ0n) is 15.3. The van der Waals surface area contributed by atoms with E-state index in [0.29, 0.717) is 28.2 Å². The molecule has 2 aromatic heterocycles. The molecule has 0 saturated carbocycles. The number of carbonyl (C=O) groups excluding carboxylic acids is 1. The lowest BCUT2D eigenvalue weighted by atomic mass is 10.2. The molecule has 7 nitrogen and oxygen atoms in total. The van der Waals surface area contributed by atoms with E-state index in [2.05, 4.69) is 20.4 Å². The molecule has 2 heterocycles. The molecular weight excluding hydrogens is 364 g/mol. The highest BCUT2D eigenvalue weighted by atomic mass is 32.2. The van der Waals surface area contributed by atoms with Gasteiger partial charge in [0.05, 0.1) is 18.4 Å². The van der Waals surface area contributed by atoms with Crippen molar-refractivity contribution in [2.75, 3.05) is 18.2 Å². The van der Waals surface area contributed by atoms with Gasteiger partial charge < -0.3 is 14.6 Å². The van der Waals surface area contributed by atoms with Crippen LogP contribution in [0.4, 0.5) is 5.69 Å². The lowest BCUT2D eigenvalue weighted by Crippen LogP contribution is -2.14. The molecule has 1 aromatic carbocycles. The number of anilines is 1. The van der Waals surface area contributed by atoms with Crippen LogP contribution in [0.5, 0.6) is 5.75 Å². The first-order valence-corrected chi connectivity index (χ1v) is 9.41. The van der Waals surface area contributed by atoms with Crippen molar-refractivity contribution in [3.8, 4) is 17.1 Å². The largest absolute Gasteiger partial charge is 0.497 e. The fraction of sp³-hybridized carbons (Fsp3) is 0.263. The molecule has 0 spiro atoms. The van der Waals surface area contributed by atoms with Crippen LogP contribution >= 0.6 is 11.8 Å². The molecule has 3 aromatic rings. The Kier molecular flexibility index (Phi) is 6.08. The van der Waals surface area contributed by atoms with Crippen LogP contribution in [0.1, 0.15) is 25.7 Å². The molecule has 0 aliphatic rings. The summed E-state index contributed by atoms with van der Waals surface area (Å²) in [4.78, 5) is 21.0. The normalized spacial score (nSPS) is 10.8. The molecule has 0 aliphatic carbocycles. The first kappa shape index (κ1) is 18.9. The summed E-state index contributed by atoms with van der Waals surface area (Å²) in [5, 5.41) is 7.55. The van der Waals surface area contributed by atoms with Crippen molar-refractivity contribution in [1.29, 1.82) is 0 Å². The van der Waals surface area contributed by atoms with Gasteiger partial charge in [-0.05, 0) is 24.3 Å². The van der Waals surface area contributed by atoms with Crippen molar-refractivity contribution in [3.05, 3.63) is 48.5 Å². The summed E-state index contributed by atoms with van der Waals surface area (Å²) in [7, 11) is 1.59. The van der Waals surface area contributed by atoms with Crippen LogP contribution in [0, 0.1) is 0 Å². The van der Waals surface area contributed by atoms with E-state index in [1.807, 2.05) is 38.1 Å². The highest BCUT2D eigenvalue weighted by Crippen LogP contribution is 2.28. The summed E-state index contributed by atoms with van der Waals surface area (Å²) in [6, 6.07) is 10.9. The molecule has 8 heteroatoms. The monoisotopic (exact) mass is 384 g/mol. The van der Waals surface area contributed by atoms with Gasteiger partial charge in [0.1, 0.15) is 10.8 Å². The summed E-state index contributed by atoms with van der Waals surface area (Å²) >= 11 is 1.32. The molecule has 27 heavy (non-hydrogen) atoms. The Hall–Kier alpha value is -2.87. The molecule has 0 unspecified atom stereocenters. The summed E-state index contributed by atoms with van der Waals surface area (Å²) in [6.07, 6.45) is 1.68. The van der Waals surface area contributed by atoms with Gasteiger partial charge >= 0.3 is 0 Å². The summed E-state index contributed by atoms with van der Waals surface area (Å²) in [5.74, 6) is 1.94. The number of amides is 1. The second-order valence-electron chi connectivity index (χ2n) is 6.04. The second-order valence-corrected chi connectivity index (χ2v) is 7.00. The summed E-state index contributed by atoms with van der Waals surface area (Å²) in [6.45, 7) is 3.97. The van der Waals surface area contributed by atoms with Gasteiger partial charge in [0, 0.05) is 23.9 Å². The molecule has 0 aliphatic heterocycles. The van der Waals surface area contributed by atoms with Crippen LogP contribution < -0.4 is 10.1 Å². The minimum absolute atomic E-state index is 0.138. The fourth-order valence-corrected chi connectivity index (χ4v) is 3.08. The van der Waals surface area contributed by atoms with Crippen LogP contribution in [-0.2, 0) is 4.79 Å². The maximum atomic E-state index is 12.3. The molecule has 140 valence electrons. The van der Waals surface area contributed by atoms with E-state index in [1.165, 1.54) is 11.8 Å². The van der Waals surface area contributed by atoms with E-state index in [9.17, 15) is 4.79 Å². The molecule has 0 saturated heterocycles. The lowest BCUT2D eigenvalue weighted by molar-refractivity contribution is -0.113. The number of hydrogen-bond acceptors (Lipinski definition) is 7. The summed E-state index contributed by atoms with van der Waals surface area (Å²) in [5.41, 5.74) is 1.42.